The van der Waals surface area contributed by atoms with E-state index in [1.165, 1.54) is 22.5 Å². The number of aryl methyl sites for hydroxylation is 1. The number of esters is 1. The Hall–Kier alpha value is -3.43. The molecule has 1 aliphatic carbocycles. The van der Waals surface area contributed by atoms with E-state index < -0.39 is 0 Å². The third-order valence-electron chi connectivity index (χ3n) is 7.65. The number of hydrazine groups is 1. The maximum Gasteiger partial charge on any atom is 0.338 e. The molecule has 0 spiro atoms. The normalized spacial score (nSPS) is 19.7. The van der Waals surface area contributed by atoms with E-state index in [0.29, 0.717) is 12.2 Å². The number of benzene rings is 2. The first kappa shape index (κ1) is 23.3. The summed E-state index contributed by atoms with van der Waals surface area (Å²) in [7, 11) is 0. The van der Waals surface area contributed by atoms with Gasteiger partial charge in [-0.1, -0.05) is 12.1 Å². The summed E-state index contributed by atoms with van der Waals surface area (Å²) < 4.78 is 5.17. The van der Waals surface area contributed by atoms with Gasteiger partial charge in [0.1, 0.15) is 12.9 Å². The van der Waals surface area contributed by atoms with Crippen LogP contribution in [0.2, 0.25) is 0 Å². The van der Waals surface area contributed by atoms with E-state index in [0.717, 1.165) is 74.4 Å². The first-order valence-corrected chi connectivity index (χ1v) is 12.2. The van der Waals surface area contributed by atoms with E-state index in [9.17, 15) is 9.59 Å². The van der Waals surface area contributed by atoms with Crippen molar-refractivity contribution in [2.45, 2.75) is 38.7 Å². The van der Waals surface area contributed by atoms with Crippen LogP contribution in [0, 0.1) is 6.92 Å². The number of piperazine rings is 1. The summed E-state index contributed by atoms with van der Waals surface area (Å²) in [6.07, 6.45) is 3.98. The van der Waals surface area contributed by atoms with Crippen molar-refractivity contribution < 1.29 is 14.3 Å². The maximum atomic E-state index is 13.3. The first-order chi connectivity index (χ1) is 17.0. The molecule has 0 bridgehead atoms. The summed E-state index contributed by atoms with van der Waals surface area (Å²) >= 11 is 0. The second-order valence-electron chi connectivity index (χ2n) is 9.52. The highest BCUT2D eigenvalue weighted by molar-refractivity contribution is 5.94. The number of fused-ring (bicyclic) bond motifs is 2. The summed E-state index contributed by atoms with van der Waals surface area (Å²) in [6, 6.07) is 9.88. The molecule has 1 atom stereocenters. The summed E-state index contributed by atoms with van der Waals surface area (Å²) in [4.78, 5) is 29.6. The Morgan fingerprint density at radius 3 is 2.80 bits per heavy atom. The molecule has 3 aliphatic rings. The van der Waals surface area contributed by atoms with E-state index in [1.54, 1.807) is 0 Å². The van der Waals surface area contributed by atoms with Gasteiger partial charge in [0.25, 0.3) is 0 Å². The number of hydrazone groups is 1. The Morgan fingerprint density at radius 2 is 2.03 bits per heavy atom. The van der Waals surface area contributed by atoms with Crippen molar-refractivity contribution in [2.24, 2.45) is 16.8 Å². The fourth-order valence-electron chi connectivity index (χ4n) is 5.52. The van der Waals surface area contributed by atoms with E-state index in [4.69, 9.17) is 16.4 Å². The van der Waals surface area contributed by atoms with Crippen molar-refractivity contribution in [3.8, 4) is 0 Å². The second-order valence-corrected chi connectivity index (χ2v) is 9.52. The molecule has 1 amide bonds. The van der Waals surface area contributed by atoms with Crippen molar-refractivity contribution in [3.05, 3.63) is 63.7 Å². The van der Waals surface area contributed by atoms with Gasteiger partial charge in [0.15, 0.2) is 0 Å². The summed E-state index contributed by atoms with van der Waals surface area (Å²) in [5, 5.41) is 4.84. The number of amides is 1. The number of carbonyl (C=O) groups is 2. The van der Waals surface area contributed by atoms with Crippen LogP contribution >= 0.6 is 0 Å². The molecule has 1 unspecified atom stereocenters. The summed E-state index contributed by atoms with van der Waals surface area (Å²) in [6.45, 7) is 6.63. The minimum atomic E-state index is -0.219. The minimum Gasteiger partial charge on any atom is -0.457 e. The lowest BCUT2D eigenvalue weighted by molar-refractivity contribution is -0.134. The number of hydrogen-bond acceptors (Lipinski definition) is 7. The van der Waals surface area contributed by atoms with Gasteiger partial charge in [-0.15, -0.1) is 0 Å². The molecule has 9 heteroatoms. The number of cyclic esters (lactones) is 1. The SMILES string of the molecule is Cc1c(CCN2CCN(C(=O)C3CCc4cc(N(N)/C=N\N)ccc43)CC2)ccc2c1COC2=O. The van der Waals surface area contributed by atoms with Crippen LogP contribution in [0.4, 0.5) is 5.69 Å². The molecule has 9 nitrogen and oxygen atoms in total. The smallest absolute Gasteiger partial charge is 0.338 e. The van der Waals surface area contributed by atoms with Crippen LogP contribution in [0.1, 0.15) is 50.5 Å². The topological polar surface area (TPSA) is 117 Å². The predicted octanol–water partition coefficient (Wildman–Crippen LogP) is 1.66. The molecule has 1 saturated heterocycles. The van der Waals surface area contributed by atoms with Crippen LogP contribution in [0.25, 0.3) is 0 Å². The van der Waals surface area contributed by atoms with E-state index >= 15 is 0 Å². The molecule has 2 aliphatic heterocycles. The largest absolute Gasteiger partial charge is 0.457 e. The summed E-state index contributed by atoms with van der Waals surface area (Å²) in [5.74, 6) is 11.0. The van der Waals surface area contributed by atoms with Crippen molar-refractivity contribution in [1.29, 1.82) is 0 Å². The van der Waals surface area contributed by atoms with Gasteiger partial charge in [-0.2, -0.15) is 5.10 Å². The van der Waals surface area contributed by atoms with Crippen LogP contribution < -0.4 is 16.7 Å². The van der Waals surface area contributed by atoms with Gasteiger partial charge >= 0.3 is 5.97 Å². The number of nitrogens with zero attached hydrogens (tertiary/aromatic N) is 4. The van der Waals surface area contributed by atoms with Crippen molar-refractivity contribution in [1.82, 2.24) is 9.80 Å². The van der Waals surface area contributed by atoms with E-state index in [-0.39, 0.29) is 17.8 Å². The number of nitrogens with two attached hydrogens (primary N) is 2. The third-order valence-corrected chi connectivity index (χ3v) is 7.65. The van der Waals surface area contributed by atoms with Gasteiger partial charge in [0.2, 0.25) is 5.91 Å². The zero-order valence-electron chi connectivity index (χ0n) is 20.1. The van der Waals surface area contributed by atoms with E-state index in [1.807, 2.05) is 29.2 Å². The highest BCUT2D eigenvalue weighted by Gasteiger charge is 2.33. The van der Waals surface area contributed by atoms with Gasteiger partial charge in [-0.05, 0) is 66.6 Å². The summed E-state index contributed by atoms with van der Waals surface area (Å²) in [5.41, 5.74) is 7.23. The highest BCUT2D eigenvalue weighted by atomic mass is 16.5. The molecule has 0 aromatic heterocycles. The third kappa shape index (κ3) is 4.49. The lowest BCUT2D eigenvalue weighted by Gasteiger charge is -2.36. The predicted molar refractivity (Wildman–Crippen MR) is 134 cm³/mol. The number of hydrogen-bond donors (Lipinski definition) is 2. The van der Waals surface area contributed by atoms with Gasteiger partial charge in [-0.25, -0.2) is 10.6 Å². The fourth-order valence-corrected chi connectivity index (χ4v) is 5.52. The van der Waals surface area contributed by atoms with Crippen LogP contribution in [0.5, 0.6) is 0 Å². The first-order valence-electron chi connectivity index (χ1n) is 12.2. The molecule has 0 radical (unpaired) electrons. The van der Waals surface area contributed by atoms with Crippen molar-refractivity contribution >= 4 is 23.9 Å². The molecule has 1 fully saturated rings. The minimum absolute atomic E-state index is 0.0843. The average Bonchev–Trinajstić information content (AvgIpc) is 3.47. The van der Waals surface area contributed by atoms with Gasteiger partial charge in [0.05, 0.1) is 17.2 Å². The Labute approximate surface area is 205 Å². The molecule has 4 N–H and O–H groups in total. The molecular formula is C26H32N6O3. The van der Waals surface area contributed by atoms with Crippen LogP contribution in [0.15, 0.2) is 35.4 Å². The Kier molecular flexibility index (Phi) is 6.44. The Balaban J connectivity index is 1.15. The van der Waals surface area contributed by atoms with Crippen LogP contribution in [-0.4, -0.2) is 60.7 Å². The zero-order chi connectivity index (χ0) is 24.5. The molecule has 2 aromatic carbocycles. The highest BCUT2D eigenvalue weighted by Crippen LogP contribution is 2.36. The zero-order valence-corrected chi connectivity index (χ0v) is 20.1. The van der Waals surface area contributed by atoms with Gasteiger partial charge in [0, 0.05) is 38.3 Å². The number of ether oxygens (including phenoxy) is 1. The standard InChI is InChI=1S/C26H32N6O3/c1-17-18(2-6-23-24(17)15-35-26(23)34)8-9-30-10-12-31(13-11-30)25(33)22-5-3-19-14-20(4-7-21(19)22)32(28)16-29-27/h2,4,6-7,14,16,22H,3,5,8-13,15,27-28H2,1H3/b29-16-. The quantitative estimate of drug-likeness (QED) is 0.214. The number of anilines is 1. The lowest BCUT2D eigenvalue weighted by atomic mass is 9.96. The second kappa shape index (κ2) is 9.67. The molecule has 184 valence electrons. The maximum absolute atomic E-state index is 13.3. The monoisotopic (exact) mass is 476 g/mol. The molecule has 0 saturated carbocycles. The van der Waals surface area contributed by atoms with Gasteiger partial charge < -0.3 is 15.5 Å². The average molecular weight is 477 g/mol. The van der Waals surface area contributed by atoms with Crippen LogP contribution in [-0.2, 0) is 29.0 Å². The molecule has 2 aromatic rings. The Bertz CT molecular complexity index is 1170. The van der Waals surface area contributed by atoms with Crippen LogP contribution in [0.3, 0.4) is 0 Å². The lowest BCUT2D eigenvalue weighted by Crippen LogP contribution is -2.50. The fraction of sp³-hybridized carbons (Fsp3) is 0.423. The molecule has 5 rings (SSSR count). The molecule has 35 heavy (non-hydrogen) atoms. The van der Waals surface area contributed by atoms with Crippen molar-refractivity contribution in [2.75, 3.05) is 37.7 Å². The van der Waals surface area contributed by atoms with E-state index in [2.05, 4.69) is 23.0 Å². The Morgan fingerprint density at radius 1 is 1.23 bits per heavy atom. The van der Waals surface area contributed by atoms with Gasteiger partial charge in [-0.3, -0.25) is 14.7 Å². The number of rotatable bonds is 6. The molecule has 2 heterocycles. The number of carbonyl (C=O) groups excluding carboxylic acids is 2. The van der Waals surface area contributed by atoms with Crippen molar-refractivity contribution in [3.63, 3.8) is 0 Å². The molecular weight excluding hydrogens is 444 g/mol.